The van der Waals surface area contributed by atoms with Gasteiger partial charge in [-0.05, 0) is 57.7 Å². The molecule has 16 heavy (non-hydrogen) atoms. The van der Waals surface area contributed by atoms with E-state index in [-0.39, 0.29) is 5.54 Å². The van der Waals surface area contributed by atoms with E-state index in [2.05, 4.69) is 23.2 Å². The average molecular weight is 221 g/mol. The third kappa shape index (κ3) is 2.39. The monoisotopic (exact) mass is 221 g/mol. The van der Waals surface area contributed by atoms with E-state index in [1.165, 1.54) is 38.8 Å². The molecule has 1 N–H and O–H groups in total. The van der Waals surface area contributed by atoms with Gasteiger partial charge < -0.3 is 10.2 Å². The molecule has 0 spiro atoms. The van der Waals surface area contributed by atoms with Crippen LogP contribution in [0.4, 0.5) is 0 Å². The number of nitrogens with one attached hydrogen (secondary N) is 1. The van der Waals surface area contributed by atoms with E-state index >= 15 is 0 Å². The maximum Gasteiger partial charge on any atom is 0.122 e. The molecule has 1 aliphatic heterocycles. The zero-order valence-electron chi connectivity index (χ0n) is 10.5. The minimum atomic E-state index is -0.277. The van der Waals surface area contributed by atoms with Crippen LogP contribution in [0.25, 0.3) is 0 Å². The number of likely N-dealkylation sites (tertiary alicyclic amines) is 1. The highest BCUT2D eigenvalue weighted by Crippen LogP contribution is 2.40. The van der Waals surface area contributed by atoms with E-state index in [9.17, 15) is 5.26 Å². The molecule has 3 nitrogen and oxygen atoms in total. The Morgan fingerprint density at radius 3 is 2.38 bits per heavy atom. The van der Waals surface area contributed by atoms with Gasteiger partial charge in [0.05, 0.1) is 6.07 Å². The van der Waals surface area contributed by atoms with Gasteiger partial charge in [-0.3, -0.25) is 0 Å². The Labute approximate surface area is 98.8 Å². The Morgan fingerprint density at radius 2 is 1.94 bits per heavy atom. The van der Waals surface area contributed by atoms with Crippen LogP contribution in [0.15, 0.2) is 0 Å². The second kappa shape index (κ2) is 4.73. The topological polar surface area (TPSA) is 39.1 Å². The summed E-state index contributed by atoms with van der Waals surface area (Å²) >= 11 is 0. The SMILES string of the molecule is CNC(C#N)(CN1CCC(C)CC1)C1CC1. The fourth-order valence-corrected chi connectivity index (χ4v) is 2.74. The summed E-state index contributed by atoms with van der Waals surface area (Å²) in [6, 6.07) is 2.53. The summed E-state index contributed by atoms with van der Waals surface area (Å²) in [6.45, 7) is 5.57. The van der Waals surface area contributed by atoms with Gasteiger partial charge in [-0.1, -0.05) is 6.92 Å². The summed E-state index contributed by atoms with van der Waals surface area (Å²) < 4.78 is 0. The minimum Gasteiger partial charge on any atom is -0.301 e. The van der Waals surface area contributed by atoms with Crippen molar-refractivity contribution in [3.8, 4) is 6.07 Å². The Kier molecular flexibility index (Phi) is 3.51. The molecule has 3 heteroatoms. The summed E-state index contributed by atoms with van der Waals surface area (Å²) in [6.07, 6.45) is 5.02. The molecule has 1 aliphatic carbocycles. The Morgan fingerprint density at radius 1 is 1.31 bits per heavy atom. The second-order valence-corrected chi connectivity index (χ2v) is 5.57. The number of rotatable bonds is 4. The molecule has 1 saturated carbocycles. The third-order valence-corrected chi connectivity index (χ3v) is 4.27. The zero-order chi connectivity index (χ0) is 11.6. The number of nitrogens with zero attached hydrogens (tertiary/aromatic N) is 2. The van der Waals surface area contributed by atoms with Crippen molar-refractivity contribution in [1.82, 2.24) is 10.2 Å². The van der Waals surface area contributed by atoms with Crippen molar-refractivity contribution < 1.29 is 0 Å². The average Bonchev–Trinajstić information content (AvgIpc) is 3.13. The first-order valence-corrected chi connectivity index (χ1v) is 6.52. The Balaban J connectivity index is 1.93. The van der Waals surface area contributed by atoms with E-state index in [0.29, 0.717) is 5.92 Å². The van der Waals surface area contributed by atoms with Crippen LogP contribution >= 0.6 is 0 Å². The molecule has 1 atom stereocenters. The van der Waals surface area contributed by atoms with E-state index < -0.39 is 0 Å². The number of hydrogen-bond acceptors (Lipinski definition) is 3. The molecular weight excluding hydrogens is 198 g/mol. The maximum atomic E-state index is 9.43. The van der Waals surface area contributed by atoms with Crippen molar-refractivity contribution in [1.29, 1.82) is 5.26 Å². The molecule has 90 valence electrons. The van der Waals surface area contributed by atoms with Gasteiger partial charge in [0, 0.05) is 6.54 Å². The van der Waals surface area contributed by atoms with Crippen molar-refractivity contribution in [3.63, 3.8) is 0 Å². The second-order valence-electron chi connectivity index (χ2n) is 5.57. The predicted octanol–water partition coefficient (Wildman–Crippen LogP) is 1.61. The first kappa shape index (κ1) is 11.9. The third-order valence-electron chi connectivity index (χ3n) is 4.27. The van der Waals surface area contributed by atoms with E-state index in [1.807, 2.05) is 7.05 Å². The quantitative estimate of drug-likeness (QED) is 0.784. The molecule has 2 fully saturated rings. The highest BCUT2D eigenvalue weighted by atomic mass is 15.2. The molecule has 0 aromatic heterocycles. The van der Waals surface area contributed by atoms with Crippen LogP contribution in [0.1, 0.15) is 32.6 Å². The van der Waals surface area contributed by atoms with Crippen LogP contribution in [0.3, 0.4) is 0 Å². The lowest BCUT2D eigenvalue weighted by Gasteiger charge is -2.37. The van der Waals surface area contributed by atoms with Gasteiger partial charge >= 0.3 is 0 Å². The first-order chi connectivity index (χ1) is 7.70. The fourth-order valence-electron chi connectivity index (χ4n) is 2.74. The van der Waals surface area contributed by atoms with E-state index in [0.717, 1.165) is 12.5 Å². The molecule has 1 heterocycles. The van der Waals surface area contributed by atoms with Gasteiger partial charge in [-0.25, -0.2) is 0 Å². The molecule has 0 radical (unpaired) electrons. The molecule has 0 aromatic carbocycles. The Hall–Kier alpha value is -0.590. The molecule has 0 bridgehead atoms. The standard InChI is InChI=1S/C13H23N3/c1-11-5-7-16(8-6-11)10-13(9-14,15-2)12-3-4-12/h11-12,15H,3-8,10H2,1-2H3. The summed E-state index contributed by atoms with van der Waals surface area (Å²) in [5.41, 5.74) is -0.277. The van der Waals surface area contributed by atoms with Crippen LogP contribution in [0, 0.1) is 23.2 Å². The maximum absolute atomic E-state index is 9.43. The van der Waals surface area contributed by atoms with Gasteiger partial charge in [-0.2, -0.15) is 5.26 Å². The van der Waals surface area contributed by atoms with E-state index in [4.69, 9.17) is 0 Å². The van der Waals surface area contributed by atoms with Crippen molar-refractivity contribution >= 4 is 0 Å². The van der Waals surface area contributed by atoms with Crippen LogP contribution < -0.4 is 5.32 Å². The van der Waals surface area contributed by atoms with Gasteiger partial charge in [0.2, 0.25) is 0 Å². The van der Waals surface area contributed by atoms with Gasteiger partial charge in [-0.15, -0.1) is 0 Å². The molecule has 1 saturated heterocycles. The summed E-state index contributed by atoms with van der Waals surface area (Å²) in [5.74, 6) is 1.45. The lowest BCUT2D eigenvalue weighted by atomic mass is 9.92. The van der Waals surface area contributed by atoms with Gasteiger partial charge in [0.25, 0.3) is 0 Å². The highest BCUT2D eigenvalue weighted by Gasteiger charge is 2.45. The Bertz CT molecular complexity index is 271. The number of hydrogen-bond donors (Lipinski definition) is 1. The van der Waals surface area contributed by atoms with Gasteiger partial charge in [0.15, 0.2) is 0 Å². The van der Waals surface area contributed by atoms with E-state index in [1.54, 1.807) is 0 Å². The van der Waals surface area contributed by atoms with Gasteiger partial charge in [0.1, 0.15) is 5.54 Å². The minimum absolute atomic E-state index is 0.277. The van der Waals surface area contributed by atoms with Crippen molar-refractivity contribution in [3.05, 3.63) is 0 Å². The van der Waals surface area contributed by atoms with Crippen molar-refractivity contribution in [2.24, 2.45) is 11.8 Å². The first-order valence-electron chi connectivity index (χ1n) is 6.52. The zero-order valence-corrected chi connectivity index (χ0v) is 10.5. The lowest BCUT2D eigenvalue weighted by molar-refractivity contribution is 0.151. The molecule has 2 rings (SSSR count). The molecule has 2 aliphatic rings. The largest absolute Gasteiger partial charge is 0.301 e. The van der Waals surface area contributed by atoms with Crippen molar-refractivity contribution in [2.45, 2.75) is 38.1 Å². The lowest BCUT2D eigenvalue weighted by Crippen LogP contribution is -2.54. The van der Waals surface area contributed by atoms with Crippen molar-refractivity contribution in [2.75, 3.05) is 26.7 Å². The summed E-state index contributed by atoms with van der Waals surface area (Å²) in [7, 11) is 1.94. The number of nitriles is 1. The number of likely N-dealkylation sites (N-methyl/N-ethyl adjacent to an activating group) is 1. The highest BCUT2D eigenvalue weighted by molar-refractivity contribution is 5.16. The molecule has 0 amide bonds. The predicted molar refractivity (Wildman–Crippen MR) is 65.0 cm³/mol. The molecular formula is C13H23N3. The van der Waals surface area contributed by atoms with Crippen LogP contribution in [0.5, 0.6) is 0 Å². The summed E-state index contributed by atoms with van der Waals surface area (Å²) in [4.78, 5) is 2.47. The fraction of sp³-hybridized carbons (Fsp3) is 0.923. The normalized spacial score (nSPS) is 27.3. The smallest absolute Gasteiger partial charge is 0.122 e. The van der Waals surface area contributed by atoms with Crippen LogP contribution in [-0.4, -0.2) is 37.1 Å². The van der Waals surface area contributed by atoms with Crippen LogP contribution in [-0.2, 0) is 0 Å². The summed E-state index contributed by atoms with van der Waals surface area (Å²) in [5, 5.41) is 12.7. The molecule has 1 unspecified atom stereocenters. The molecule has 0 aromatic rings. The number of piperidine rings is 1. The van der Waals surface area contributed by atoms with Crippen LogP contribution in [0.2, 0.25) is 0 Å².